The number of nitrogens with zero attached hydrogens (tertiary/aromatic N) is 2. The summed E-state index contributed by atoms with van der Waals surface area (Å²) in [5, 5.41) is 1.79. The number of aromatic nitrogens is 1. The Morgan fingerprint density at radius 3 is 2.48 bits per heavy atom. The van der Waals surface area contributed by atoms with E-state index in [4.69, 9.17) is 11.6 Å². The fraction of sp³-hybridized carbons (Fsp3) is 0.250. The Bertz CT molecular complexity index is 1270. The van der Waals surface area contributed by atoms with Gasteiger partial charge in [0.1, 0.15) is 5.82 Å². The van der Waals surface area contributed by atoms with Crippen molar-refractivity contribution in [1.29, 1.82) is 0 Å². The quantitative estimate of drug-likeness (QED) is 0.317. The van der Waals surface area contributed by atoms with Gasteiger partial charge in [0.2, 0.25) is 5.91 Å². The normalized spacial score (nSPS) is 14.7. The summed E-state index contributed by atoms with van der Waals surface area (Å²) in [4.78, 5) is 15.2. The number of carbonyl (C=O) groups is 1. The Balaban J connectivity index is 1.57. The topological polar surface area (TPSA) is 25.2 Å². The van der Waals surface area contributed by atoms with E-state index in [-0.39, 0.29) is 17.6 Å². The van der Waals surface area contributed by atoms with Gasteiger partial charge < -0.3 is 9.47 Å². The Morgan fingerprint density at radius 1 is 0.970 bits per heavy atom. The van der Waals surface area contributed by atoms with Crippen molar-refractivity contribution in [3.63, 3.8) is 0 Å². The molecule has 2 heterocycles. The van der Waals surface area contributed by atoms with Crippen LogP contribution < -0.4 is 0 Å². The summed E-state index contributed by atoms with van der Waals surface area (Å²) in [6.07, 6.45) is 4.71. The highest BCUT2D eigenvalue weighted by molar-refractivity contribution is 6.30. The summed E-state index contributed by atoms with van der Waals surface area (Å²) < 4.78 is 15.6. The molecule has 0 radical (unpaired) electrons. The van der Waals surface area contributed by atoms with Gasteiger partial charge in [0.25, 0.3) is 0 Å². The molecule has 0 unspecified atom stereocenters. The molecular weight excluding hydrogens is 435 g/mol. The van der Waals surface area contributed by atoms with E-state index in [0.717, 1.165) is 53.5 Å². The van der Waals surface area contributed by atoms with Crippen molar-refractivity contribution in [3.05, 3.63) is 107 Å². The van der Waals surface area contributed by atoms with Crippen molar-refractivity contribution in [2.75, 3.05) is 13.1 Å². The Labute approximate surface area is 198 Å². The lowest BCUT2D eigenvalue weighted by Gasteiger charge is -2.21. The minimum Gasteiger partial charge on any atom is -0.343 e. The van der Waals surface area contributed by atoms with Crippen molar-refractivity contribution in [2.45, 2.75) is 31.7 Å². The van der Waals surface area contributed by atoms with Crippen molar-refractivity contribution >= 4 is 28.4 Å². The van der Waals surface area contributed by atoms with Crippen LogP contribution in [0.25, 0.3) is 10.9 Å². The molecule has 1 fully saturated rings. The van der Waals surface area contributed by atoms with Gasteiger partial charge in [0.05, 0.1) is 0 Å². The molecular formula is C28H26ClFN2O. The van der Waals surface area contributed by atoms with E-state index in [1.165, 1.54) is 12.1 Å². The third-order valence-electron chi connectivity index (χ3n) is 6.55. The number of para-hydroxylation sites is 1. The third kappa shape index (κ3) is 4.67. The molecule has 1 aliphatic heterocycles. The van der Waals surface area contributed by atoms with Crippen LogP contribution in [0.1, 0.15) is 41.9 Å². The van der Waals surface area contributed by atoms with Gasteiger partial charge in [0.15, 0.2) is 0 Å². The van der Waals surface area contributed by atoms with Gasteiger partial charge in [-0.25, -0.2) is 4.39 Å². The smallest absolute Gasteiger partial charge is 0.223 e. The zero-order valence-corrected chi connectivity index (χ0v) is 19.1. The third-order valence-corrected chi connectivity index (χ3v) is 6.78. The lowest BCUT2D eigenvalue weighted by atomic mass is 9.88. The van der Waals surface area contributed by atoms with Crippen LogP contribution in [0.3, 0.4) is 0 Å². The molecule has 4 aromatic rings. The van der Waals surface area contributed by atoms with Crippen molar-refractivity contribution in [2.24, 2.45) is 0 Å². The van der Waals surface area contributed by atoms with Gasteiger partial charge in [-0.3, -0.25) is 4.79 Å². The minimum atomic E-state index is -0.238. The van der Waals surface area contributed by atoms with Crippen LogP contribution in [0.15, 0.2) is 79.0 Å². The van der Waals surface area contributed by atoms with Crippen LogP contribution in [-0.4, -0.2) is 28.5 Å². The van der Waals surface area contributed by atoms with Crippen LogP contribution in [0.4, 0.5) is 4.39 Å². The molecule has 5 rings (SSSR count). The standard InChI is InChI=1S/C28H26ClFN2O/c29-22-7-5-6-21(16-22)25(17-28(33)31-14-3-4-15-31)26-19-32(27-9-2-1-8-24(26)27)18-20-10-12-23(30)13-11-20/h1-2,5-13,16,19,25H,3-4,14-15,17-18H2/t25-/m0/s1. The van der Waals surface area contributed by atoms with Crippen molar-refractivity contribution in [3.8, 4) is 0 Å². The average molecular weight is 461 g/mol. The summed E-state index contributed by atoms with van der Waals surface area (Å²) in [6.45, 7) is 2.31. The number of benzene rings is 3. The molecule has 33 heavy (non-hydrogen) atoms. The van der Waals surface area contributed by atoms with Gasteiger partial charge >= 0.3 is 0 Å². The minimum absolute atomic E-state index is 0.101. The number of halogens is 2. The van der Waals surface area contributed by atoms with Crippen LogP contribution in [0.5, 0.6) is 0 Å². The first-order valence-electron chi connectivity index (χ1n) is 11.4. The maximum atomic E-state index is 13.4. The molecule has 1 amide bonds. The maximum absolute atomic E-state index is 13.4. The highest BCUT2D eigenvalue weighted by Crippen LogP contribution is 2.36. The van der Waals surface area contributed by atoms with Crippen LogP contribution in [-0.2, 0) is 11.3 Å². The van der Waals surface area contributed by atoms with Gasteiger partial charge in [0, 0.05) is 54.1 Å². The molecule has 0 N–H and O–H groups in total. The first kappa shape index (κ1) is 21.7. The van der Waals surface area contributed by atoms with Crippen LogP contribution in [0, 0.1) is 5.82 Å². The number of likely N-dealkylation sites (tertiary alicyclic amines) is 1. The Kier molecular flexibility index (Phi) is 6.19. The molecule has 168 valence electrons. The molecule has 3 aromatic carbocycles. The molecule has 0 bridgehead atoms. The summed E-state index contributed by atoms with van der Waals surface area (Å²) in [5.74, 6) is -0.151. The summed E-state index contributed by atoms with van der Waals surface area (Å²) in [6, 6.07) is 22.7. The highest BCUT2D eigenvalue weighted by Gasteiger charge is 2.26. The Morgan fingerprint density at radius 2 is 1.73 bits per heavy atom. The van der Waals surface area contributed by atoms with Crippen LogP contribution >= 0.6 is 11.6 Å². The second kappa shape index (κ2) is 9.40. The molecule has 3 nitrogen and oxygen atoms in total. The monoisotopic (exact) mass is 460 g/mol. The van der Waals surface area contributed by atoms with E-state index >= 15 is 0 Å². The van der Waals surface area contributed by atoms with E-state index in [9.17, 15) is 9.18 Å². The molecule has 1 aliphatic rings. The highest BCUT2D eigenvalue weighted by atomic mass is 35.5. The molecule has 0 aliphatic carbocycles. The fourth-order valence-corrected chi connectivity index (χ4v) is 5.07. The van der Waals surface area contributed by atoms with Crippen LogP contribution in [0.2, 0.25) is 5.02 Å². The van der Waals surface area contributed by atoms with E-state index < -0.39 is 0 Å². The van der Waals surface area contributed by atoms with Crippen molar-refractivity contribution in [1.82, 2.24) is 9.47 Å². The summed E-state index contributed by atoms with van der Waals surface area (Å²) >= 11 is 6.35. The fourth-order valence-electron chi connectivity index (χ4n) is 4.87. The van der Waals surface area contributed by atoms with Gasteiger partial charge in [-0.15, -0.1) is 0 Å². The lowest BCUT2D eigenvalue weighted by Crippen LogP contribution is -2.29. The first-order valence-corrected chi connectivity index (χ1v) is 11.8. The lowest BCUT2D eigenvalue weighted by molar-refractivity contribution is -0.130. The second-order valence-electron chi connectivity index (χ2n) is 8.76. The molecule has 5 heteroatoms. The first-order chi connectivity index (χ1) is 16.1. The van der Waals surface area contributed by atoms with E-state index in [0.29, 0.717) is 18.0 Å². The summed E-state index contributed by atoms with van der Waals surface area (Å²) in [7, 11) is 0. The number of hydrogen-bond donors (Lipinski definition) is 0. The number of fused-ring (bicyclic) bond motifs is 1. The zero-order chi connectivity index (χ0) is 22.8. The Hall–Kier alpha value is -3.11. The molecule has 1 atom stereocenters. The average Bonchev–Trinajstić information content (AvgIpc) is 3.48. The predicted octanol–water partition coefficient (Wildman–Crippen LogP) is 6.63. The van der Waals surface area contributed by atoms with Gasteiger partial charge in [-0.1, -0.05) is 54.1 Å². The van der Waals surface area contributed by atoms with Gasteiger partial charge in [-0.2, -0.15) is 0 Å². The molecule has 0 spiro atoms. The number of rotatable bonds is 6. The largest absolute Gasteiger partial charge is 0.343 e. The number of hydrogen-bond acceptors (Lipinski definition) is 1. The molecule has 1 saturated heterocycles. The predicted molar refractivity (Wildman–Crippen MR) is 131 cm³/mol. The maximum Gasteiger partial charge on any atom is 0.223 e. The number of carbonyl (C=O) groups excluding carboxylic acids is 1. The summed E-state index contributed by atoms with van der Waals surface area (Å²) in [5.41, 5.74) is 4.27. The van der Waals surface area contributed by atoms with E-state index in [2.05, 4.69) is 29.0 Å². The van der Waals surface area contributed by atoms with E-state index in [1.54, 1.807) is 0 Å². The molecule has 1 aromatic heterocycles. The van der Waals surface area contributed by atoms with Gasteiger partial charge in [-0.05, 0) is 59.9 Å². The number of amides is 1. The second-order valence-corrected chi connectivity index (χ2v) is 9.19. The van der Waals surface area contributed by atoms with Crippen molar-refractivity contribution < 1.29 is 9.18 Å². The SMILES string of the molecule is O=C(C[C@@H](c1cccc(Cl)c1)c1cn(Cc2ccc(F)cc2)c2ccccc12)N1CCCC1. The molecule has 0 saturated carbocycles. The van der Waals surface area contributed by atoms with E-state index in [1.807, 2.05) is 47.4 Å². The zero-order valence-electron chi connectivity index (χ0n) is 18.4.